The Balaban J connectivity index is 4.00. The molecule has 340 valence electrons. The van der Waals surface area contributed by atoms with E-state index in [4.69, 9.17) is 9.47 Å². The molecule has 0 radical (unpaired) electrons. The van der Waals surface area contributed by atoms with Crippen molar-refractivity contribution in [3.63, 3.8) is 0 Å². The monoisotopic (exact) mass is 806 g/mol. The van der Waals surface area contributed by atoms with Crippen molar-refractivity contribution in [2.45, 2.75) is 278 Å². The summed E-state index contributed by atoms with van der Waals surface area (Å²) in [5.74, 6) is 1.08. The highest BCUT2D eigenvalue weighted by atomic mass is 16.5. The molecule has 57 heavy (non-hydrogen) atoms. The third kappa shape index (κ3) is 42.8. The van der Waals surface area contributed by atoms with Crippen molar-refractivity contribution < 1.29 is 19.1 Å². The number of carbonyl (C=O) groups excluding carboxylic acids is 2. The van der Waals surface area contributed by atoms with Crippen LogP contribution in [-0.2, 0) is 19.1 Å². The minimum absolute atomic E-state index is 0.0400. The zero-order chi connectivity index (χ0) is 41.7. The zero-order valence-corrected chi connectivity index (χ0v) is 39.6. The van der Waals surface area contributed by atoms with Crippen LogP contribution >= 0.6 is 0 Å². The molecule has 5 nitrogen and oxygen atoms in total. The smallest absolute Gasteiger partial charge is 0.306 e. The standard InChI is InChI=1S/C52H103NO4/c1-6-10-13-14-15-26-31-38-45-56-51(54)47-49(40-33-11-7-2)42-35-28-23-19-20-24-29-36-43-50(41-34-12-8-3)48-52(55)57-46-39-32-27-22-18-16-17-21-25-30-37-44-53(5)9-4/h49-50H,6-48H2,1-5H3. The number of rotatable bonds is 47. The number of carbonyl (C=O) groups is 2. The summed E-state index contributed by atoms with van der Waals surface area (Å²) in [4.78, 5) is 27.7. The summed E-state index contributed by atoms with van der Waals surface area (Å²) in [7, 11) is 2.22. The minimum atomic E-state index is 0.0400. The third-order valence-corrected chi connectivity index (χ3v) is 12.6. The van der Waals surface area contributed by atoms with Gasteiger partial charge in [0, 0.05) is 12.8 Å². The number of ether oxygens (including phenoxy) is 2. The number of hydrogen-bond donors (Lipinski definition) is 0. The van der Waals surface area contributed by atoms with Gasteiger partial charge in [0.05, 0.1) is 13.2 Å². The molecule has 0 fully saturated rings. The van der Waals surface area contributed by atoms with Crippen LogP contribution in [0.25, 0.3) is 0 Å². The second-order valence-corrected chi connectivity index (χ2v) is 18.2. The summed E-state index contributed by atoms with van der Waals surface area (Å²) in [6.45, 7) is 12.7. The fourth-order valence-electron chi connectivity index (χ4n) is 8.42. The average Bonchev–Trinajstić information content (AvgIpc) is 3.20. The maximum Gasteiger partial charge on any atom is 0.306 e. The van der Waals surface area contributed by atoms with Gasteiger partial charge in [-0.3, -0.25) is 9.59 Å². The van der Waals surface area contributed by atoms with Gasteiger partial charge in [0.2, 0.25) is 0 Å². The lowest BCUT2D eigenvalue weighted by molar-refractivity contribution is -0.146. The molecule has 0 aliphatic carbocycles. The van der Waals surface area contributed by atoms with E-state index in [1.54, 1.807) is 0 Å². The Morgan fingerprint density at radius 1 is 0.368 bits per heavy atom. The van der Waals surface area contributed by atoms with Gasteiger partial charge in [-0.25, -0.2) is 0 Å². The van der Waals surface area contributed by atoms with Gasteiger partial charge in [-0.2, -0.15) is 0 Å². The van der Waals surface area contributed by atoms with Crippen LogP contribution in [0.1, 0.15) is 278 Å². The quantitative estimate of drug-likeness (QED) is 0.0453. The van der Waals surface area contributed by atoms with E-state index in [0.29, 0.717) is 37.9 Å². The lowest BCUT2D eigenvalue weighted by Crippen LogP contribution is -2.18. The number of hydrogen-bond acceptors (Lipinski definition) is 5. The fraction of sp³-hybridized carbons (Fsp3) is 0.962. The highest BCUT2D eigenvalue weighted by Crippen LogP contribution is 2.24. The van der Waals surface area contributed by atoms with E-state index in [1.807, 2.05) is 0 Å². The van der Waals surface area contributed by atoms with Crippen LogP contribution in [0.4, 0.5) is 0 Å². The first-order chi connectivity index (χ1) is 28.0. The van der Waals surface area contributed by atoms with Crippen LogP contribution in [0, 0.1) is 11.8 Å². The first kappa shape index (κ1) is 55.9. The molecule has 0 aliphatic heterocycles. The van der Waals surface area contributed by atoms with Crippen molar-refractivity contribution in [1.29, 1.82) is 0 Å². The summed E-state index contributed by atoms with van der Waals surface area (Å²) in [6.07, 6.45) is 48.4. The second-order valence-electron chi connectivity index (χ2n) is 18.2. The molecule has 0 rings (SSSR count). The highest BCUT2D eigenvalue weighted by molar-refractivity contribution is 5.70. The van der Waals surface area contributed by atoms with Crippen LogP contribution < -0.4 is 0 Å². The van der Waals surface area contributed by atoms with Crippen molar-refractivity contribution in [3.8, 4) is 0 Å². The maximum atomic E-state index is 12.7. The van der Waals surface area contributed by atoms with Gasteiger partial charge in [-0.05, 0) is 76.9 Å². The highest BCUT2D eigenvalue weighted by Gasteiger charge is 2.16. The van der Waals surface area contributed by atoms with Crippen LogP contribution in [0.5, 0.6) is 0 Å². The number of esters is 2. The molecule has 0 aliphatic rings. The summed E-state index contributed by atoms with van der Waals surface area (Å²) in [5, 5.41) is 0. The van der Waals surface area contributed by atoms with Gasteiger partial charge in [-0.1, -0.05) is 220 Å². The lowest BCUT2D eigenvalue weighted by Gasteiger charge is -2.16. The summed E-state index contributed by atoms with van der Waals surface area (Å²) in [6, 6.07) is 0. The van der Waals surface area contributed by atoms with Gasteiger partial charge in [-0.15, -0.1) is 0 Å². The van der Waals surface area contributed by atoms with E-state index < -0.39 is 0 Å². The molecular formula is C52H103NO4. The van der Waals surface area contributed by atoms with Gasteiger partial charge in [0.25, 0.3) is 0 Å². The molecule has 0 aromatic heterocycles. The van der Waals surface area contributed by atoms with Crippen LogP contribution in [0.2, 0.25) is 0 Å². The number of unbranched alkanes of at least 4 members (excludes halogenated alkanes) is 28. The molecule has 0 amide bonds. The third-order valence-electron chi connectivity index (χ3n) is 12.6. The van der Waals surface area contributed by atoms with E-state index in [2.05, 4.69) is 39.6 Å². The fourth-order valence-corrected chi connectivity index (χ4v) is 8.42. The molecule has 2 unspecified atom stereocenters. The van der Waals surface area contributed by atoms with Crippen molar-refractivity contribution in [2.24, 2.45) is 11.8 Å². The van der Waals surface area contributed by atoms with E-state index in [9.17, 15) is 9.59 Å². The Morgan fingerprint density at radius 2 is 0.632 bits per heavy atom. The maximum absolute atomic E-state index is 12.7. The molecule has 5 heteroatoms. The van der Waals surface area contributed by atoms with Crippen LogP contribution in [0.15, 0.2) is 0 Å². The largest absolute Gasteiger partial charge is 0.466 e. The molecule has 0 aromatic rings. The van der Waals surface area contributed by atoms with Crippen molar-refractivity contribution in [1.82, 2.24) is 4.90 Å². The average molecular weight is 806 g/mol. The summed E-state index contributed by atoms with van der Waals surface area (Å²) >= 11 is 0. The molecule has 0 saturated carbocycles. The molecule has 0 aromatic carbocycles. The van der Waals surface area contributed by atoms with E-state index in [0.717, 1.165) is 19.4 Å². The minimum Gasteiger partial charge on any atom is -0.466 e. The molecule has 0 spiro atoms. The molecule has 0 N–H and O–H groups in total. The van der Waals surface area contributed by atoms with Crippen LogP contribution in [0.3, 0.4) is 0 Å². The lowest BCUT2D eigenvalue weighted by atomic mass is 9.91. The molecular weight excluding hydrogens is 703 g/mol. The van der Waals surface area contributed by atoms with Gasteiger partial charge in [0.15, 0.2) is 0 Å². The first-order valence-electron chi connectivity index (χ1n) is 26.0. The van der Waals surface area contributed by atoms with Crippen molar-refractivity contribution in [2.75, 3.05) is 33.4 Å². The van der Waals surface area contributed by atoms with Crippen LogP contribution in [-0.4, -0.2) is 50.2 Å². The van der Waals surface area contributed by atoms with E-state index >= 15 is 0 Å². The number of nitrogens with zero attached hydrogens (tertiary/aromatic N) is 1. The van der Waals surface area contributed by atoms with Gasteiger partial charge < -0.3 is 14.4 Å². The van der Waals surface area contributed by atoms with Crippen molar-refractivity contribution >= 4 is 11.9 Å². The molecule has 0 bridgehead atoms. The van der Waals surface area contributed by atoms with Gasteiger partial charge >= 0.3 is 11.9 Å². The van der Waals surface area contributed by atoms with Crippen molar-refractivity contribution in [3.05, 3.63) is 0 Å². The Kier molecular flexibility index (Phi) is 45.1. The first-order valence-corrected chi connectivity index (χ1v) is 26.0. The molecule has 2 atom stereocenters. The Hall–Kier alpha value is -1.10. The van der Waals surface area contributed by atoms with Gasteiger partial charge in [0.1, 0.15) is 0 Å². The Morgan fingerprint density at radius 3 is 0.965 bits per heavy atom. The summed E-state index contributed by atoms with van der Waals surface area (Å²) in [5.41, 5.74) is 0. The normalized spacial score (nSPS) is 12.7. The summed E-state index contributed by atoms with van der Waals surface area (Å²) < 4.78 is 11.4. The second kappa shape index (κ2) is 46.0. The molecule has 0 saturated heterocycles. The Bertz CT molecular complexity index is 818. The Labute approximate surface area is 358 Å². The molecule has 0 heterocycles. The topological polar surface area (TPSA) is 55.8 Å². The van der Waals surface area contributed by atoms with E-state index in [-0.39, 0.29) is 11.9 Å². The SMILES string of the molecule is CCCCCCCCCCOC(=O)CC(CCCCC)CCCCCCCCCCC(CCCCC)CC(=O)OCCCCCCCCCCCCCN(C)CC. The van der Waals surface area contributed by atoms with E-state index in [1.165, 1.54) is 231 Å². The predicted molar refractivity (Wildman–Crippen MR) is 249 cm³/mol. The predicted octanol–water partition coefficient (Wildman–Crippen LogP) is 16.5. The zero-order valence-electron chi connectivity index (χ0n) is 39.6.